The Morgan fingerprint density at radius 1 is 1.43 bits per heavy atom. The van der Waals surface area contributed by atoms with Gasteiger partial charge >= 0.3 is 0 Å². The lowest BCUT2D eigenvalue weighted by atomic mass is 10.1. The van der Waals surface area contributed by atoms with Gasteiger partial charge in [0, 0.05) is 22.9 Å². The van der Waals surface area contributed by atoms with Crippen LogP contribution < -0.4 is 9.99 Å². The number of rotatable bonds is 9. The molecule has 0 aliphatic heterocycles. The summed E-state index contributed by atoms with van der Waals surface area (Å²) in [7, 11) is 0. The van der Waals surface area contributed by atoms with Gasteiger partial charge in [0.25, 0.3) is 6.43 Å². The summed E-state index contributed by atoms with van der Waals surface area (Å²) in [5.41, 5.74) is 3.14. The number of alkyl halides is 2. The zero-order chi connectivity index (χ0) is 20.3. The number of para-hydroxylation sites is 1. The molecule has 1 aromatic carbocycles. The minimum absolute atomic E-state index is 0.126. The average Bonchev–Trinajstić information content (AvgIpc) is 3.42. The van der Waals surface area contributed by atoms with E-state index in [0.717, 1.165) is 28.4 Å². The number of nitrogens with zero attached hydrogens (tertiary/aromatic N) is 3. The van der Waals surface area contributed by atoms with E-state index in [-0.39, 0.29) is 12.9 Å². The maximum Gasteiger partial charge on any atom is 0.256 e. The average molecular weight is 534 g/mol. The van der Waals surface area contributed by atoms with E-state index >= 15 is 0 Å². The van der Waals surface area contributed by atoms with Crippen LogP contribution in [0.2, 0.25) is 0 Å². The van der Waals surface area contributed by atoms with Crippen LogP contribution in [0.15, 0.2) is 40.2 Å². The number of hydrogen-bond donors (Lipinski definition) is 1. The molecule has 3 rings (SSSR count). The maximum atomic E-state index is 13.1. The van der Waals surface area contributed by atoms with Gasteiger partial charge in [0.15, 0.2) is 5.82 Å². The van der Waals surface area contributed by atoms with Crippen molar-refractivity contribution in [3.63, 3.8) is 0 Å². The van der Waals surface area contributed by atoms with Gasteiger partial charge < -0.3 is 9.99 Å². The molecule has 0 saturated heterocycles. The third-order valence-electron chi connectivity index (χ3n) is 4.70. The van der Waals surface area contributed by atoms with Crippen molar-refractivity contribution in [2.24, 2.45) is 10.9 Å². The standard InChI is InChI=1S/C19H22F2IN4PS/c1-11-8-12(11)14-9-15(24-13-6-4-5-7-16(13)28-3)18(23-2)19(25-14)26(27-22)10-17(20)21/h4-7,9,11-12,17,27H,2,8,10H2,1,3H3,(H,24,25). The second kappa shape index (κ2) is 9.67. The Kier molecular flexibility index (Phi) is 7.50. The Morgan fingerprint density at radius 3 is 2.71 bits per heavy atom. The predicted molar refractivity (Wildman–Crippen MR) is 127 cm³/mol. The van der Waals surface area contributed by atoms with E-state index in [0.29, 0.717) is 23.3 Å². The highest BCUT2D eigenvalue weighted by atomic mass is 127. The number of aliphatic imine (C=N–C) groups is 1. The number of pyridine rings is 1. The molecule has 1 saturated carbocycles. The van der Waals surface area contributed by atoms with Crippen molar-refractivity contribution in [2.45, 2.75) is 30.6 Å². The fourth-order valence-electron chi connectivity index (χ4n) is 3.10. The molecular formula is C19H22F2IN4PS. The molecule has 28 heavy (non-hydrogen) atoms. The van der Waals surface area contributed by atoms with Crippen molar-refractivity contribution in [2.75, 3.05) is 22.8 Å². The molecular weight excluding hydrogens is 512 g/mol. The van der Waals surface area contributed by atoms with Crippen LogP contribution in [0.3, 0.4) is 0 Å². The number of aromatic nitrogens is 1. The molecule has 2 aromatic rings. The van der Waals surface area contributed by atoms with Crippen LogP contribution >= 0.6 is 40.2 Å². The molecule has 9 heteroatoms. The molecule has 1 fully saturated rings. The quantitative estimate of drug-likeness (QED) is 0.163. The van der Waals surface area contributed by atoms with E-state index in [1.54, 1.807) is 16.4 Å². The summed E-state index contributed by atoms with van der Waals surface area (Å²) in [4.78, 5) is 10.0. The zero-order valence-electron chi connectivity index (χ0n) is 15.6. The largest absolute Gasteiger partial charge is 0.353 e. The van der Waals surface area contributed by atoms with Gasteiger partial charge in [0.1, 0.15) is 5.69 Å². The Hall–Kier alpha value is -0.990. The van der Waals surface area contributed by atoms with Gasteiger partial charge in [0.05, 0.1) is 17.9 Å². The Bertz CT molecular complexity index is 855. The fourth-order valence-corrected chi connectivity index (χ4v) is 5.37. The lowest BCUT2D eigenvalue weighted by Crippen LogP contribution is -2.21. The van der Waals surface area contributed by atoms with Crippen LogP contribution in [0.1, 0.15) is 25.0 Å². The lowest BCUT2D eigenvalue weighted by molar-refractivity contribution is 0.159. The minimum atomic E-state index is -2.45. The number of nitrogens with one attached hydrogen (secondary N) is 1. The van der Waals surface area contributed by atoms with Crippen LogP contribution in [0.5, 0.6) is 0 Å². The molecule has 1 aliphatic rings. The summed E-state index contributed by atoms with van der Waals surface area (Å²) in [6, 6.07) is 9.98. The number of thioether (sulfide) groups is 1. The molecule has 1 aliphatic carbocycles. The summed E-state index contributed by atoms with van der Waals surface area (Å²) in [5.74, 6) is 1.39. The molecule has 1 heterocycles. The Labute approximate surface area is 183 Å². The molecule has 4 nitrogen and oxygen atoms in total. The summed E-state index contributed by atoms with van der Waals surface area (Å²) >= 11 is 3.75. The van der Waals surface area contributed by atoms with Crippen molar-refractivity contribution in [1.29, 1.82) is 0 Å². The van der Waals surface area contributed by atoms with Crippen LogP contribution in [0.25, 0.3) is 0 Å². The molecule has 1 aromatic heterocycles. The first-order valence-corrected chi connectivity index (χ1v) is 14.1. The van der Waals surface area contributed by atoms with Crippen LogP contribution in [-0.2, 0) is 0 Å². The number of halogens is 3. The number of benzene rings is 1. The molecule has 0 amide bonds. The number of anilines is 3. The third-order valence-corrected chi connectivity index (χ3v) is 7.84. The fraction of sp³-hybridized carbons (Fsp3) is 0.368. The van der Waals surface area contributed by atoms with Crippen molar-refractivity contribution in [3.05, 3.63) is 36.0 Å². The van der Waals surface area contributed by atoms with Crippen molar-refractivity contribution >= 4 is 69.8 Å². The first kappa shape index (κ1) is 21.7. The van der Waals surface area contributed by atoms with E-state index in [2.05, 4.69) is 46.0 Å². The lowest BCUT2D eigenvalue weighted by Gasteiger charge is -2.24. The van der Waals surface area contributed by atoms with Gasteiger partial charge in [-0.05, 0) is 65.6 Å². The Balaban J connectivity index is 2.09. The molecule has 3 unspecified atom stereocenters. The summed E-state index contributed by atoms with van der Waals surface area (Å²) in [5, 5.41) is 3.45. The van der Waals surface area contributed by atoms with Gasteiger partial charge in [-0.3, -0.25) is 4.99 Å². The molecule has 0 spiro atoms. The van der Waals surface area contributed by atoms with E-state index in [4.69, 9.17) is 4.98 Å². The second-order valence-corrected chi connectivity index (χ2v) is 9.66. The van der Waals surface area contributed by atoms with E-state index in [1.165, 1.54) is 0 Å². The first-order valence-electron chi connectivity index (χ1n) is 8.82. The predicted octanol–water partition coefficient (Wildman–Crippen LogP) is 7.02. The van der Waals surface area contributed by atoms with Gasteiger partial charge in [-0.2, -0.15) is 0 Å². The highest BCUT2D eigenvalue weighted by Crippen LogP contribution is 2.50. The topological polar surface area (TPSA) is 40.5 Å². The van der Waals surface area contributed by atoms with Crippen LogP contribution in [0, 0.1) is 5.92 Å². The number of hydrogen-bond acceptors (Lipinski definition) is 5. The monoisotopic (exact) mass is 534 g/mol. The van der Waals surface area contributed by atoms with E-state index < -0.39 is 6.43 Å². The summed E-state index contributed by atoms with van der Waals surface area (Å²) < 4.78 is 27.9. The zero-order valence-corrected chi connectivity index (χ0v) is 19.6. The van der Waals surface area contributed by atoms with Gasteiger partial charge in [-0.1, -0.05) is 19.1 Å². The minimum Gasteiger partial charge on any atom is -0.353 e. The van der Waals surface area contributed by atoms with E-state index in [1.807, 2.05) is 36.6 Å². The van der Waals surface area contributed by atoms with E-state index in [9.17, 15) is 8.78 Å². The molecule has 150 valence electrons. The van der Waals surface area contributed by atoms with Crippen LogP contribution in [0.4, 0.5) is 31.7 Å². The smallest absolute Gasteiger partial charge is 0.256 e. The highest BCUT2D eigenvalue weighted by Gasteiger charge is 2.36. The van der Waals surface area contributed by atoms with Crippen LogP contribution in [-0.4, -0.2) is 30.9 Å². The van der Waals surface area contributed by atoms with Crippen molar-refractivity contribution < 1.29 is 8.78 Å². The molecule has 0 radical (unpaired) electrons. The first-order chi connectivity index (χ1) is 13.5. The molecule has 1 N–H and O–H groups in total. The Morgan fingerprint density at radius 2 is 2.14 bits per heavy atom. The highest BCUT2D eigenvalue weighted by molar-refractivity contribution is 14.2. The second-order valence-electron chi connectivity index (χ2n) is 6.66. The van der Waals surface area contributed by atoms with Gasteiger partial charge in [0.2, 0.25) is 0 Å². The van der Waals surface area contributed by atoms with Crippen molar-refractivity contribution in [1.82, 2.24) is 4.98 Å². The normalized spacial score (nSPS) is 18.6. The SMILES string of the molecule is C=Nc1c(Nc2ccccc2SC)cc(C2CC2C)nc1N(CC(F)F)PI. The maximum absolute atomic E-state index is 13.1. The van der Waals surface area contributed by atoms with Gasteiger partial charge in [-0.25, -0.2) is 13.8 Å². The van der Waals surface area contributed by atoms with Gasteiger partial charge in [-0.15, -0.1) is 11.8 Å². The summed E-state index contributed by atoms with van der Waals surface area (Å²) in [6.07, 6.45) is 0.763. The van der Waals surface area contributed by atoms with Crippen molar-refractivity contribution in [3.8, 4) is 0 Å². The third kappa shape index (κ3) is 4.94. The molecule has 0 bridgehead atoms. The molecule has 3 atom stereocenters. The summed E-state index contributed by atoms with van der Waals surface area (Å²) in [6.45, 7) is 5.49.